The van der Waals surface area contributed by atoms with Crippen molar-refractivity contribution in [3.05, 3.63) is 143 Å². The topological polar surface area (TPSA) is 6.25 Å². The largest absolute Gasteiger partial charge is 0.252 e. The molecule has 0 saturated heterocycles. The van der Waals surface area contributed by atoms with E-state index in [9.17, 15) is 8.78 Å². The van der Waals surface area contributed by atoms with Crippen molar-refractivity contribution in [1.29, 1.82) is 0 Å². The highest BCUT2D eigenvalue weighted by Gasteiger charge is 2.44. The third kappa shape index (κ3) is 4.42. The minimum atomic E-state index is -0.221. The van der Waals surface area contributed by atoms with Crippen molar-refractivity contribution in [3.8, 4) is 0 Å². The first-order valence-corrected chi connectivity index (χ1v) is 11.1. The average Bonchev–Trinajstić information content (AvgIpc) is 3.20. The molecule has 0 aliphatic carbocycles. The Bertz CT molecular complexity index is 1250. The maximum atomic E-state index is 14.6. The van der Waals surface area contributed by atoms with Gasteiger partial charge in [-0.1, -0.05) is 97.1 Å². The highest BCUT2D eigenvalue weighted by Crippen LogP contribution is 2.41. The van der Waals surface area contributed by atoms with Gasteiger partial charge in [0.25, 0.3) is 0 Å². The molecule has 1 heterocycles. The van der Waals surface area contributed by atoms with Crippen LogP contribution in [0, 0.1) is 11.6 Å². The van der Waals surface area contributed by atoms with E-state index in [1.807, 2.05) is 67.0 Å². The molecule has 164 valence electrons. The molecule has 33 heavy (non-hydrogen) atoms. The van der Waals surface area contributed by atoms with Crippen LogP contribution in [0.3, 0.4) is 0 Å². The summed E-state index contributed by atoms with van der Waals surface area (Å²) in [6.45, 7) is 0.840. The number of halogens is 2. The number of benzene rings is 4. The van der Waals surface area contributed by atoms with Gasteiger partial charge in [-0.3, -0.25) is 9.48 Å². The predicted octanol–water partition coefficient (Wildman–Crippen LogP) is 6.50. The first-order valence-electron chi connectivity index (χ1n) is 11.1. The molecule has 0 unspecified atom stereocenters. The summed E-state index contributed by atoms with van der Waals surface area (Å²) >= 11 is 0. The molecular formula is C29H25F2N2+. The lowest BCUT2D eigenvalue weighted by Gasteiger charge is -2.24. The molecule has 4 aromatic rings. The van der Waals surface area contributed by atoms with Crippen LogP contribution in [0.1, 0.15) is 34.3 Å². The smallest absolute Gasteiger partial charge is 0.236 e. The molecule has 2 atom stereocenters. The predicted molar refractivity (Wildman–Crippen MR) is 127 cm³/mol. The van der Waals surface area contributed by atoms with Gasteiger partial charge in [-0.15, -0.1) is 0 Å². The van der Waals surface area contributed by atoms with Gasteiger partial charge >= 0.3 is 0 Å². The Labute approximate surface area is 193 Å². The van der Waals surface area contributed by atoms with Crippen LogP contribution in [-0.4, -0.2) is 15.8 Å². The van der Waals surface area contributed by atoms with Crippen LogP contribution in [0.15, 0.2) is 109 Å². The molecule has 1 aliphatic heterocycles. The van der Waals surface area contributed by atoms with Crippen LogP contribution < -0.4 is 0 Å². The van der Waals surface area contributed by atoms with Gasteiger partial charge in [0, 0.05) is 22.3 Å². The highest BCUT2D eigenvalue weighted by atomic mass is 19.1. The summed E-state index contributed by atoms with van der Waals surface area (Å²) < 4.78 is 31.3. The van der Waals surface area contributed by atoms with E-state index in [1.54, 1.807) is 12.1 Å². The summed E-state index contributed by atoms with van der Waals surface area (Å²) in [5.74, 6) is -0.442. The molecule has 0 aromatic heterocycles. The quantitative estimate of drug-likeness (QED) is 0.311. The van der Waals surface area contributed by atoms with Crippen molar-refractivity contribution < 1.29 is 13.4 Å². The Morgan fingerprint density at radius 2 is 1.12 bits per heavy atom. The fraction of sp³-hybridized carbons (Fsp3) is 0.138. The fourth-order valence-corrected chi connectivity index (χ4v) is 4.67. The first-order chi connectivity index (χ1) is 16.2. The van der Waals surface area contributed by atoms with E-state index in [1.165, 1.54) is 12.1 Å². The molecule has 1 aliphatic rings. The van der Waals surface area contributed by atoms with Crippen LogP contribution >= 0.6 is 0 Å². The van der Waals surface area contributed by atoms with Gasteiger partial charge in [0.15, 0.2) is 12.1 Å². The van der Waals surface area contributed by atoms with Crippen LogP contribution in [0.2, 0.25) is 0 Å². The van der Waals surface area contributed by atoms with Crippen molar-refractivity contribution >= 4 is 6.34 Å². The molecular weight excluding hydrogens is 414 g/mol. The van der Waals surface area contributed by atoms with E-state index >= 15 is 0 Å². The lowest BCUT2D eigenvalue weighted by molar-refractivity contribution is -0.579. The third-order valence-electron chi connectivity index (χ3n) is 6.21. The van der Waals surface area contributed by atoms with Crippen molar-refractivity contribution in [2.45, 2.75) is 25.2 Å². The van der Waals surface area contributed by atoms with Gasteiger partial charge in [-0.2, -0.15) is 0 Å². The van der Waals surface area contributed by atoms with Crippen molar-refractivity contribution in [2.24, 2.45) is 0 Å². The summed E-state index contributed by atoms with van der Waals surface area (Å²) in [7, 11) is 0. The number of hydrogen-bond acceptors (Lipinski definition) is 1. The van der Waals surface area contributed by atoms with Gasteiger partial charge < -0.3 is 0 Å². The minimum Gasteiger partial charge on any atom is -0.252 e. The number of rotatable bonds is 6. The van der Waals surface area contributed by atoms with Gasteiger partial charge in [-0.05, 0) is 12.1 Å². The molecule has 0 amide bonds. The normalized spacial score (nSPS) is 17.8. The van der Waals surface area contributed by atoms with Gasteiger partial charge in [-0.25, -0.2) is 8.78 Å². The Kier molecular flexibility index (Phi) is 5.99. The lowest BCUT2D eigenvalue weighted by Crippen LogP contribution is -2.26. The Balaban J connectivity index is 1.61. The van der Waals surface area contributed by atoms with Gasteiger partial charge in [0.1, 0.15) is 24.7 Å². The van der Waals surface area contributed by atoms with Gasteiger partial charge in [0.05, 0.1) is 0 Å². The van der Waals surface area contributed by atoms with E-state index in [0.717, 1.165) is 11.1 Å². The highest BCUT2D eigenvalue weighted by molar-refractivity contribution is 5.55. The average molecular weight is 440 g/mol. The Morgan fingerprint density at radius 1 is 0.606 bits per heavy atom. The van der Waals surface area contributed by atoms with Crippen LogP contribution in [0.5, 0.6) is 0 Å². The second kappa shape index (κ2) is 9.37. The Morgan fingerprint density at radius 3 is 1.73 bits per heavy atom. The molecule has 0 saturated carbocycles. The van der Waals surface area contributed by atoms with Crippen LogP contribution in [0.25, 0.3) is 0 Å². The maximum Gasteiger partial charge on any atom is 0.236 e. The second-order valence-electron chi connectivity index (χ2n) is 8.35. The van der Waals surface area contributed by atoms with Crippen LogP contribution in [-0.2, 0) is 13.1 Å². The molecule has 4 heteroatoms. The number of nitrogens with zero attached hydrogens (tertiary/aromatic N) is 2. The van der Waals surface area contributed by atoms with E-state index in [0.29, 0.717) is 24.2 Å². The van der Waals surface area contributed by atoms with E-state index in [4.69, 9.17) is 0 Å². The Hall–Kier alpha value is -3.79. The SMILES string of the molecule is Fc1ccccc1CN1C=[N+](Cc2ccccc2F)[C@H](c2ccccc2)[C@H]1c1ccccc1. The zero-order valence-corrected chi connectivity index (χ0v) is 18.2. The molecule has 4 aromatic carbocycles. The summed E-state index contributed by atoms with van der Waals surface area (Å²) in [5.41, 5.74) is 3.54. The molecule has 2 nitrogen and oxygen atoms in total. The fourth-order valence-electron chi connectivity index (χ4n) is 4.67. The molecule has 0 spiro atoms. The molecule has 0 bridgehead atoms. The molecule has 0 fully saturated rings. The summed E-state index contributed by atoms with van der Waals surface area (Å²) in [6, 6.07) is 34.2. The standard InChI is InChI=1S/C29H25F2N2/c30-26-17-9-7-15-24(26)19-32-21-33(20-25-16-8-10-18-27(25)31)29(23-13-5-2-6-14-23)28(32)22-11-3-1-4-12-22/h1-18,21,28-29H,19-20H2/q+1/t28-,29-/m1/s1. The van der Waals surface area contributed by atoms with E-state index < -0.39 is 0 Å². The minimum absolute atomic E-state index is 0.0556. The molecule has 0 radical (unpaired) electrons. The van der Waals surface area contributed by atoms with Gasteiger partial charge in [0.2, 0.25) is 6.34 Å². The van der Waals surface area contributed by atoms with Crippen molar-refractivity contribution in [2.75, 3.05) is 0 Å². The number of hydrogen-bond donors (Lipinski definition) is 0. The molecule has 0 N–H and O–H groups in total. The van der Waals surface area contributed by atoms with Crippen molar-refractivity contribution in [3.63, 3.8) is 0 Å². The summed E-state index contributed by atoms with van der Waals surface area (Å²) in [4.78, 5) is 2.17. The van der Waals surface area contributed by atoms with E-state index in [-0.39, 0.29) is 23.7 Å². The second-order valence-corrected chi connectivity index (χ2v) is 8.35. The van der Waals surface area contributed by atoms with E-state index in [2.05, 4.69) is 33.7 Å². The van der Waals surface area contributed by atoms with Crippen molar-refractivity contribution in [1.82, 2.24) is 4.90 Å². The first kappa shape index (κ1) is 21.1. The monoisotopic (exact) mass is 439 g/mol. The van der Waals surface area contributed by atoms with Crippen LogP contribution in [0.4, 0.5) is 8.78 Å². The third-order valence-corrected chi connectivity index (χ3v) is 6.21. The summed E-state index contributed by atoms with van der Waals surface area (Å²) in [6.07, 6.45) is 2.04. The maximum absolute atomic E-state index is 14.6. The summed E-state index contributed by atoms with van der Waals surface area (Å²) in [5, 5.41) is 0. The lowest BCUT2D eigenvalue weighted by atomic mass is 9.92. The molecule has 5 rings (SSSR count). The zero-order valence-electron chi connectivity index (χ0n) is 18.2. The zero-order chi connectivity index (χ0) is 22.6.